The fraction of sp³-hybridized carbons (Fsp3) is 0.406. The molecule has 4 aliphatic rings. The first-order valence-electron chi connectivity index (χ1n) is 14.1. The molecule has 1 spiro atoms. The third-order valence-electron chi connectivity index (χ3n) is 9.02. The molecular weight excluding hydrogens is 538 g/mol. The number of aliphatic hydroxyl groups excluding tert-OH is 1. The highest BCUT2D eigenvalue weighted by Crippen LogP contribution is 2.66. The van der Waals surface area contributed by atoms with E-state index in [0.717, 1.165) is 5.69 Å². The number of amides is 3. The first-order valence-corrected chi connectivity index (χ1v) is 14.9. The fourth-order valence-electron chi connectivity index (χ4n) is 7.10. The standard InChI is InChI=1S/C32H35N3O5S/c1-4-21(20-36)35-27-30(39)34(23-12-14-24(40-3)15-13-23)19-9-17-32(27)26(29(35)38)25-28(37)33(22-10-6-5-7-11-22)18-8-16-31(25,2)41-32/h5-17,21,25-27,36H,4,18-20H2,1-3H3/t21-,25+,26-,27?,31-,32-/m0/s1. The minimum atomic E-state index is -0.975. The normalized spacial score (nSPS) is 31.5. The number of aliphatic hydroxyl groups is 1. The van der Waals surface area contributed by atoms with Gasteiger partial charge in [0.15, 0.2) is 0 Å². The van der Waals surface area contributed by atoms with Crippen LogP contribution < -0.4 is 14.5 Å². The molecule has 4 heterocycles. The summed E-state index contributed by atoms with van der Waals surface area (Å²) in [6, 6.07) is 15.4. The van der Waals surface area contributed by atoms with E-state index >= 15 is 0 Å². The van der Waals surface area contributed by atoms with Crippen LogP contribution >= 0.6 is 11.8 Å². The summed E-state index contributed by atoms with van der Waals surface area (Å²) in [5.41, 5.74) is 1.47. The van der Waals surface area contributed by atoms with Gasteiger partial charge in [-0.1, -0.05) is 49.4 Å². The predicted molar refractivity (Wildman–Crippen MR) is 160 cm³/mol. The summed E-state index contributed by atoms with van der Waals surface area (Å²) in [6.45, 7) is 4.39. The molecule has 1 N–H and O–H groups in total. The summed E-state index contributed by atoms with van der Waals surface area (Å²) >= 11 is 1.55. The Balaban J connectivity index is 1.48. The van der Waals surface area contributed by atoms with Crippen molar-refractivity contribution in [1.82, 2.24) is 4.90 Å². The molecule has 41 heavy (non-hydrogen) atoms. The second kappa shape index (κ2) is 10.4. The molecular formula is C32H35N3O5S. The van der Waals surface area contributed by atoms with Gasteiger partial charge in [0.25, 0.3) is 5.91 Å². The van der Waals surface area contributed by atoms with Crippen LogP contribution in [0.1, 0.15) is 20.3 Å². The zero-order chi connectivity index (χ0) is 28.9. The van der Waals surface area contributed by atoms with E-state index in [1.807, 2.05) is 74.5 Å². The largest absolute Gasteiger partial charge is 0.497 e. The van der Waals surface area contributed by atoms with E-state index in [1.54, 1.807) is 45.7 Å². The Bertz CT molecular complexity index is 1410. The quantitative estimate of drug-likeness (QED) is 0.531. The van der Waals surface area contributed by atoms with Crippen molar-refractivity contribution in [1.29, 1.82) is 0 Å². The van der Waals surface area contributed by atoms with Gasteiger partial charge in [0, 0.05) is 29.2 Å². The van der Waals surface area contributed by atoms with E-state index in [2.05, 4.69) is 6.08 Å². The summed E-state index contributed by atoms with van der Waals surface area (Å²) in [5, 5.41) is 10.4. The molecule has 214 valence electrons. The number of anilines is 2. The number of carbonyl (C=O) groups excluding carboxylic acids is 3. The molecule has 2 saturated heterocycles. The molecule has 1 unspecified atom stereocenters. The number of fused-ring (bicyclic) bond motifs is 2. The lowest BCUT2D eigenvalue weighted by atomic mass is 9.74. The summed E-state index contributed by atoms with van der Waals surface area (Å²) in [7, 11) is 1.59. The molecule has 0 radical (unpaired) electrons. The second-order valence-corrected chi connectivity index (χ2v) is 13.0. The summed E-state index contributed by atoms with van der Waals surface area (Å²) in [4.78, 5) is 48.7. The van der Waals surface area contributed by atoms with Gasteiger partial charge in [-0.05, 0) is 49.7 Å². The minimum Gasteiger partial charge on any atom is -0.497 e. The van der Waals surface area contributed by atoms with E-state index < -0.39 is 33.4 Å². The number of benzene rings is 2. The van der Waals surface area contributed by atoms with Crippen LogP contribution in [0.15, 0.2) is 78.9 Å². The number of hydrogen-bond donors (Lipinski definition) is 1. The number of thioether (sulfide) groups is 1. The van der Waals surface area contributed by atoms with Crippen LogP contribution in [0.2, 0.25) is 0 Å². The van der Waals surface area contributed by atoms with Gasteiger partial charge in [-0.25, -0.2) is 0 Å². The number of likely N-dealkylation sites (tertiary alicyclic amines) is 1. The van der Waals surface area contributed by atoms with E-state index in [9.17, 15) is 19.5 Å². The number of nitrogens with zero attached hydrogens (tertiary/aromatic N) is 3. The van der Waals surface area contributed by atoms with Gasteiger partial charge in [-0.2, -0.15) is 0 Å². The summed E-state index contributed by atoms with van der Waals surface area (Å²) in [6.07, 6.45) is 8.50. The molecule has 0 saturated carbocycles. The van der Waals surface area contributed by atoms with Gasteiger partial charge in [-0.15, -0.1) is 11.8 Å². The Labute approximate surface area is 244 Å². The highest BCUT2D eigenvalue weighted by molar-refractivity contribution is 8.02. The maximum Gasteiger partial charge on any atom is 0.251 e. The molecule has 6 rings (SSSR count). The van der Waals surface area contributed by atoms with Gasteiger partial charge in [0.1, 0.15) is 11.8 Å². The zero-order valence-electron chi connectivity index (χ0n) is 23.5. The zero-order valence-corrected chi connectivity index (χ0v) is 24.3. The number of rotatable bonds is 6. The van der Waals surface area contributed by atoms with Crippen LogP contribution in [-0.4, -0.2) is 76.1 Å². The highest BCUT2D eigenvalue weighted by Gasteiger charge is 2.74. The van der Waals surface area contributed by atoms with Gasteiger partial charge in [-0.3, -0.25) is 14.4 Å². The fourth-order valence-corrected chi connectivity index (χ4v) is 9.25. The third-order valence-corrected chi connectivity index (χ3v) is 10.8. The van der Waals surface area contributed by atoms with Crippen LogP contribution in [0.5, 0.6) is 5.75 Å². The van der Waals surface area contributed by atoms with Crippen LogP contribution in [0, 0.1) is 11.8 Å². The first kappa shape index (κ1) is 27.6. The van der Waals surface area contributed by atoms with Crippen molar-refractivity contribution < 1.29 is 24.2 Å². The third kappa shape index (κ3) is 4.12. The monoisotopic (exact) mass is 573 g/mol. The van der Waals surface area contributed by atoms with E-state index in [1.165, 1.54) is 0 Å². The van der Waals surface area contributed by atoms with Gasteiger partial charge in [0.2, 0.25) is 11.8 Å². The second-order valence-electron chi connectivity index (χ2n) is 11.2. The molecule has 2 aromatic carbocycles. The predicted octanol–water partition coefficient (Wildman–Crippen LogP) is 3.66. The first-order chi connectivity index (χ1) is 19.8. The van der Waals surface area contributed by atoms with Crippen molar-refractivity contribution >= 4 is 40.9 Å². The molecule has 0 aromatic heterocycles. The van der Waals surface area contributed by atoms with Gasteiger partial charge >= 0.3 is 0 Å². The van der Waals surface area contributed by atoms with E-state index in [-0.39, 0.29) is 24.3 Å². The Morgan fingerprint density at radius 1 is 0.902 bits per heavy atom. The Morgan fingerprint density at radius 2 is 1.54 bits per heavy atom. The maximum atomic E-state index is 14.6. The van der Waals surface area contributed by atoms with Crippen LogP contribution in [0.4, 0.5) is 11.4 Å². The average molecular weight is 574 g/mol. The van der Waals surface area contributed by atoms with E-state index in [0.29, 0.717) is 30.9 Å². The minimum absolute atomic E-state index is 0.124. The lowest BCUT2D eigenvalue weighted by molar-refractivity contribution is -0.142. The molecule has 9 heteroatoms. The summed E-state index contributed by atoms with van der Waals surface area (Å²) in [5.74, 6) is -1.36. The molecule has 2 aromatic rings. The van der Waals surface area contributed by atoms with Crippen molar-refractivity contribution in [3.63, 3.8) is 0 Å². The van der Waals surface area contributed by atoms with Gasteiger partial charge < -0.3 is 24.5 Å². The van der Waals surface area contributed by atoms with Crippen LogP contribution in [0.25, 0.3) is 0 Å². The molecule has 2 fully saturated rings. The lowest BCUT2D eigenvalue weighted by Gasteiger charge is -2.39. The van der Waals surface area contributed by atoms with Gasteiger partial charge in [0.05, 0.1) is 36.3 Å². The SMILES string of the molecule is CC[C@@H](CO)N1C(=O)[C@@H]2[C@@H]3C(=O)N(c4ccccc4)CC=C[C@]3(C)S[C@@]23C=CCN(c2ccc(OC)cc2)C(=O)C13. The number of para-hydroxylation sites is 1. The number of carbonyl (C=O) groups is 3. The molecule has 0 bridgehead atoms. The lowest BCUT2D eigenvalue weighted by Crippen LogP contribution is -2.56. The molecule has 8 nitrogen and oxygen atoms in total. The highest BCUT2D eigenvalue weighted by atomic mass is 32.2. The Kier molecular flexibility index (Phi) is 6.98. The number of methoxy groups -OCH3 is 1. The van der Waals surface area contributed by atoms with E-state index in [4.69, 9.17) is 4.74 Å². The average Bonchev–Trinajstić information content (AvgIpc) is 3.26. The van der Waals surface area contributed by atoms with Crippen LogP contribution in [-0.2, 0) is 14.4 Å². The number of ether oxygens (including phenoxy) is 1. The Hall–Kier alpha value is -3.56. The topological polar surface area (TPSA) is 90.4 Å². The smallest absolute Gasteiger partial charge is 0.251 e. The molecule has 3 amide bonds. The van der Waals surface area contributed by atoms with Crippen molar-refractivity contribution in [2.45, 2.75) is 41.8 Å². The van der Waals surface area contributed by atoms with Crippen molar-refractivity contribution in [2.24, 2.45) is 11.8 Å². The summed E-state index contributed by atoms with van der Waals surface area (Å²) < 4.78 is 3.63. The number of hydrogen-bond acceptors (Lipinski definition) is 6. The molecule has 6 atom stereocenters. The van der Waals surface area contributed by atoms with Crippen molar-refractivity contribution in [2.75, 3.05) is 36.6 Å². The maximum absolute atomic E-state index is 14.6. The van der Waals surface area contributed by atoms with Crippen molar-refractivity contribution in [3.05, 3.63) is 78.9 Å². The van der Waals surface area contributed by atoms with Crippen LogP contribution in [0.3, 0.4) is 0 Å². The van der Waals surface area contributed by atoms with Crippen molar-refractivity contribution in [3.8, 4) is 5.75 Å². The Morgan fingerprint density at radius 3 is 2.17 bits per heavy atom. The molecule has 0 aliphatic carbocycles. The molecule has 4 aliphatic heterocycles.